The quantitative estimate of drug-likeness (QED) is 0.816. The van der Waals surface area contributed by atoms with E-state index in [1.807, 2.05) is 35.2 Å². The van der Waals surface area contributed by atoms with Crippen molar-refractivity contribution in [2.24, 2.45) is 5.73 Å². The van der Waals surface area contributed by atoms with E-state index in [-0.39, 0.29) is 19.1 Å². The van der Waals surface area contributed by atoms with Crippen molar-refractivity contribution in [3.63, 3.8) is 0 Å². The summed E-state index contributed by atoms with van der Waals surface area (Å²) in [6.07, 6.45) is -0.553. The Balaban J connectivity index is 1.95. The summed E-state index contributed by atoms with van der Waals surface area (Å²) in [5.74, 6) is -0.239. The van der Waals surface area contributed by atoms with Crippen molar-refractivity contribution in [2.45, 2.75) is 6.54 Å². The van der Waals surface area contributed by atoms with Crippen molar-refractivity contribution >= 4 is 12.0 Å². The number of cyclic esters (lactones) is 1. The average Bonchev–Trinajstić information content (AvgIpc) is 2.86. The van der Waals surface area contributed by atoms with E-state index in [0.29, 0.717) is 26.2 Å². The van der Waals surface area contributed by atoms with Crippen molar-refractivity contribution in [2.75, 3.05) is 32.8 Å². The first-order valence-corrected chi connectivity index (χ1v) is 6.64. The molecule has 108 valence electrons. The number of nitrogens with zero attached hydrogens (tertiary/aromatic N) is 2. The molecule has 2 amide bonds. The van der Waals surface area contributed by atoms with E-state index < -0.39 is 6.09 Å². The van der Waals surface area contributed by atoms with Gasteiger partial charge >= 0.3 is 6.09 Å². The molecule has 6 nitrogen and oxygen atoms in total. The Labute approximate surface area is 118 Å². The van der Waals surface area contributed by atoms with Crippen LogP contribution in [0.15, 0.2) is 30.3 Å². The van der Waals surface area contributed by atoms with Gasteiger partial charge in [-0.25, -0.2) is 9.69 Å². The average molecular weight is 277 g/mol. The minimum atomic E-state index is -0.553. The van der Waals surface area contributed by atoms with Crippen molar-refractivity contribution in [1.29, 1.82) is 0 Å². The van der Waals surface area contributed by atoms with Gasteiger partial charge in [0.25, 0.3) is 0 Å². The maximum atomic E-state index is 12.1. The minimum Gasteiger partial charge on any atom is -0.447 e. The number of hydrogen-bond donors (Lipinski definition) is 1. The lowest BCUT2D eigenvalue weighted by molar-refractivity contribution is -0.129. The minimum absolute atomic E-state index is 0.168. The van der Waals surface area contributed by atoms with Crippen LogP contribution in [0.1, 0.15) is 5.56 Å². The van der Waals surface area contributed by atoms with Gasteiger partial charge in [-0.3, -0.25) is 9.69 Å². The molecule has 0 atom stereocenters. The highest BCUT2D eigenvalue weighted by Crippen LogP contribution is 2.07. The molecule has 0 spiro atoms. The molecular weight excluding hydrogens is 258 g/mol. The zero-order valence-electron chi connectivity index (χ0n) is 11.3. The lowest BCUT2D eigenvalue weighted by Gasteiger charge is -2.22. The first-order chi connectivity index (χ1) is 9.70. The third-order valence-corrected chi connectivity index (χ3v) is 3.12. The van der Waals surface area contributed by atoms with Crippen molar-refractivity contribution < 1.29 is 14.3 Å². The second-order valence-electron chi connectivity index (χ2n) is 4.64. The van der Waals surface area contributed by atoms with E-state index in [0.717, 1.165) is 10.5 Å². The van der Waals surface area contributed by atoms with Crippen molar-refractivity contribution in [3.05, 3.63) is 35.9 Å². The van der Waals surface area contributed by atoms with Crippen LogP contribution in [0.5, 0.6) is 0 Å². The fraction of sp³-hybridized carbons (Fsp3) is 0.429. The topological polar surface area (TPSA) is 75.9 Å². The van der Waals surface area contributed by atoms with Crippen LogP contribution >= 0.6 is 0 Å². The summed E-state index contributed by atoms with van der Waals surface area (Å²) in [6, 6.07) is 9.85. The number of amides is 2. The van der Waals surface area contributed by atoms with Gasteiger partial charge in [0.15, 0.2) is 0 Å². The molecule has 2 N–H and O–H groups in total. The van der Waals surface area contributed by atoms with Gasteiger partial charge in [0.1, 0.15) is 6.61 Å². The zero-order chi connectivity index (χ0) is 14.4. The molecule has 0 aromatic heterocycles. The molecule has 20 heavy (non-hydrogen) atoms. The van der Waals surface area contributed by atoms with E-state index >= 15 is 0 Å². The number of rotatable bonds is 6. The van der Waals surface area contributed by atoms with E-state index in [4.69, 9.17) is 10.5 Å². The summed E-state index contributed by atoms with van der Waals surface area (Å²) in [4.78, 5) is 26.5. The number of ether oxygens (including phenoxy) is 1. The van der Waals surface area contributed by atoms with E-state index in [9.17, 15) is 9.59 Å². The van der Waals surface area contributed by atoms with Crippen LogP contribution in [0.2, 0.25) is 0 Å². The number of nitrogens with two attached hydrogens (primary N) is 1. The standard InChI is InChI=1S/C14H19N3O3/c15-6-7-16(10-12-4-2-1-3-5-12)11-13(18)17-8-9-20-14(17)19/h1-5H,6-11,15H2. The Morgan fingerprint density at radius 1 is 1.35 bits per heavy atom. The molecule has 1 aromatic rings. The van der Waals surface area contributed by atoms with Gasteiger partial charge in [-0.05, 0) is 5.56 Å². The Morgan fingerprint density at radius 3 is 2.70 bits per heavy atom. The Morgan fingerprint density at radius 2 is 2.10 bits per heavy atom. The molecule has 1 aliphatic heterocycles. The molecule has 0 radical (unpaired) electrons. The van der Waals surface area contributed by atoms with E-state index in [1.54, 1.807) is 0 Å². The van der Waals surface area contributed by atoms with Crippen LogP contribution in [-0.4, -0.2) is 54.6 Å². The first kappa shape index (κ1) is 14.5. The van der Waals surface area contributed by atoms with Crippen LogP contribution in [0.4, 0.5) is 4.79 Å². The Kier molecular flexibility index (Phi) is 5.09. The lowest BCUT2D eigenvalue weighted by Crippen LogP contribution is -2.42. The molecule has 1 fully saturated rings. The van der Waals surface area contributed by atoms with Gasteiger partial charge in [-0.15, -0.1) is 0 Å². The fourth-order valence-corrected chi connectivity index (χ4v) is 2.13. The van der Waals surface area contributed by atoms with Crippen LogP contribution in [0.3, 0.4) is 0 Å². The predicted molar refractivity (Wildman–Crippen MR) is 73.8 cm³/mol. The molecule has 0 saturated carbocycles. The van der Waals surface area contributed by atoms with Gasteiger partial charge in [0.2, 0.25) is 5.91 Å². The summed E-state index contributed by atoms with van der Waals surface area (Å²) in [6.45, 7) is 2.47. The summed E-state index contributed by atoms with van der Waals surface area (Å²) < 4.78 is 4.77. The summed E-state index contributed by atoms with van der Waals surface area (Å²) in [5.41, 5.74) is 6.69. The summed E-state index contributed by atoms with van der Waals surface area (Å²) in [5, 5.41) is 0. The maximum Gasteiger partial charge on any atom is 0.416 e. The Bertz CT molecular complexity index is 464. The summed E-state index contributed by atoms with van der Waals surface area (Å²) in [7, 11) is 0. The SMILES string of the molecule is NCCN(CC(=O)N1CCOC1=O)Cc1ccccc1. The number of carbonyl (C=O) groups excluding carboxylic acids is 2. The van der Waals surface area contributed by atoms with Crippen LogP contribution in [-0.2, 0) is 16.1 Å². The van der Waals surface area contributed by atoms with Gasteiger partial charge < -0.3 is 10.5 Å². The van der Waals surface area contributed by atoms with Crippen molar-refractivity contribution in [1.82, 2.24) is 9.80 Å². The molecule has 1 aromatic carbocycles. The second kappa shape index (κ2) is 7.02. The lowest BCUT2D eigenvalue weighted by atomic mass is 10.2. The third-order valence-electron chi connectivity index (χ3n) is 3.12. The van der Waals surface area contributed by atoms with Gasteiger partial charge in [0, 0.05) is 19.6 Å². The number of carbonyl (C=O) groups is 2. The number of benzene rings is 1. The van der Waals surface area contributed by atoms with Gasteiger partial charge in [-0.2, -0.15) is 0 Å². The molecule has 0 unspecified atom stereocenters. The number of imide groups is 1. The zero-order valence-corrected chi connectivity index (χ0v) is 11.3. The van der Waals surface area contributed by atoms with E-state index in [1.165, 1.54) is 0 Å². The van der Waals surface area contributed by atoms with E-state index in [2.05, 4.69) is 0 Å². The largest absolute Gasteiger partial charge is 0.447 e. The third kappa shape index (κ3) is 3.79. The second-order valence-corrected chi connectivity index (χ2v) is 4.64. The van der Waals surface area contributed by atoms with Crippen LogP contribution in [0.25, 0.3) is 0 Å². The molecule has 1 aliphatic rings. The molecule has 0 bridgehead atoms. The normalized spacial score (nSPS) is 14.7. The van der Waals surface area contributed by atoms with Crippen molar-refractivity contribution in [3.8, 4) is 0 Å². The van der Waals surface area contributed by atoms with Crippen LogP contribution < -0.4 is 5.73 Å². The smallest absolute Gasteiger partial charge is 0.416 e. The number of hydrogen-bond acceptors (Lipinski definition) is 5. The predicted octanol–water partition coefficient (Wildman–Crippen LogP) is 0.426. The maximum absolute atomic E-state index is 12.1. The fourth-order valence-electron chi connectivity index (χ4n) is 2.13. The molecular formula is C14H19N3O3. The first-order valence-electron chi connectivity index (χ1n) is 6.64. The molecule has 2 rings (SSSR count). The molecule has 1 heterocycles. The van der Waals surface area contributed by atoms with Gasteiger partial charge in [0.05, 0.1) is 13.1 Å². The Hall–Kier alpha value is -1.92. The highest BCUT2D eigenvalue weighted by atomic mass is 16.6. The highest BCUT2D eigenvalue weighted by molar-refractivity contribution is 5.94. The van der Waals surface area contributed by atoms with Gasteiger partial charge in [-0.1, -0.05) is 30.3 Å². The highest BCUT2D eigenvalue weighted by Gasteiger charge is 2.29. The molecule has 6 heteroatoms. The van der Waals surface area contributed by atoms with Crippen LogP contribution in [0, 0.1) is 0 Å². The molecule has 0 aliphatic carbocycles. The molecule has 1 saturated heterocycles. The summed E-state index contributed by atoms with van der Waals surface area (Å²) >= 11 is 0. The monoisotopic (exact) mass is 277 g/mol.